The van der Waals surface area contributed by atoms with E-state index in [2.05, 4.69) is 27.3 Å². The Morgan fingerprint density at radius 3 is 2.69 bits per heavy atom. The van der Waals surface area contributed by atoms with E-state index < -0.39 is 0 Å². The van der Waals surface area contributed by atoms with E-state index in [9.17, 15) is 9.18 Å². The van der Waals surface area contributed by atoms with Gasteiger partial charge in [-0.2, -0.15) is 0 Å². The van der Waals surface area contributed by atoms with Crippen molar-refractivity contribution in [2.75, 3.05) is 19.6 Å². The third kappa shape index (κ3) is 4.15. The molecule has 1 N–H and O–H groups in total. The Labute approximate surface area is 169 Å². The van der Waals surface area contributed by atoms with Crippen molar-refractivity contribution in [1.29, 1.82) is 0 Å². The highest BCUT2D eigenvalue weighted by Crippen LogP contribution is 2.27. The summed E-state index contributed by atoms with van der Waals surface area (Å²) < 4.78 is 18.6. The van der Waals surface area contributed by atoms with Crippen LogP contribution < -0.4 is 5.32 Å². The van der Waals surface area contributed by atoms with Crippen LogP contribution in [0, 0.1) is 12.7 Å². The standard InChI is InChI=1S/C22H25FN4O2/c1-3-10-27-11-8-17(9-12-27)24-21(28)18-13-19(15-4-6-16(23)7-5-15)25-22-20(18)14(2)26-29-22/h4-7,13,17H,3,8-12H2,1-2H3,(H,24,28). The second-order valence-corrected chi connectivity index (χ2v) is 7.60. The Bertz CT molecular complexity index is 1010. The lowest BCUT2D eigenvalue weighted by Crippen LogP contribution is -2.44. The monoisotopic (exact) mass is 396 g/mol. The number of rotatable bonds is 5. The first-order valence-electron chi connectivity index (χ1n) is 10.1. The van der Waals surface area contributed by atoms with E-state index in [0.29, 0.717) is 33.6 Å². The maximum absolute atomic E-state index is 13.3. The number of amides is 1. The van der Waals surface area contributed by atoms with Gasteiger partial charge in [0.25, 0.3) is 11.6 Å². The molecule has 0 aliphatic carbocycles. The maximum atomic E-state index is 13.3. The molecule has 0 radical (unpaired) electrons. The summed E-state index contributed by atoms with van der Waals surface area (Å²) in [6.07, 6.45) is 3.02. The zero-order valence-corrected chi connectivity index (χ0v) is 16.7. The van der Waals surface area contributed by atoms with Crippen LogP contribution >= 0.6 is 0 Å². The summed E-state index contributed by atoms with van der Waals surface area (Å²) >= 11 is 0. The molecule has 1 saturated heterocycles. The number of benzene rings is 1. The molecule has 0 atom stereocenters. The van der Waals surface area contributed by atoms with Gasteiger partial charge < -0.3 is 14.7 Å². The number of nitrogens with zero attached hydrogens (tertiary/aromatic N) is 3. The van der Waals surface area contributed by atoms with E-state index in [1.54, 1.807) is 25.1 Å². The number of carbonyl (C=O) groups is 1. The van der Waals surface area contributed by atoms with Crippen molar-refractivity contribution in [3.63, 3.8) is 0 Å². The molecule has 1 fully saturated rings. The summed E-state index contributed by atoms with van der Waals surface area (Å²) in [7, 11) is 0. The molecule has 3 aromatic rings. The molecule has 0 spiro atoms. The molecule has 1 aliphatic heterocycles. The van der Waals surface area contributed by atoms with Crippen LogP contribution in [0.2, 0.25) is 0 Å². The Morgan fingerprint density at radius 2 is 2.00 bits per heavy atom. The first-order valence-corrected chi connectivity index (χ1v) is 10.1. The molecule has 3 heterocycles. The summed E-state index contributed by atoms with van der Waals surface area (Å²) in [5.41, 5.74) is 2.69. The average molecular weight is 396 g/mol. The van der Waals surface area contributed by atoms with E-state index >= 15 is 0 Å². The number of hydrogen-bond acceptors (Lipinski definition) is 5. The number of likely N-dealkylation sites (tertiary alicyclic amines) is 1. The van der Waals surface area contributed by atoms with Crippen LogP contribution in [0.25, 0.3) is 22.4 Å². The molecule has 152 valence electrons. The predicted molar refractivity (Wildman–Crippen MR) is 109 cm³/mol. The Kier molecular flexibility index (Phi) is 5.58. The molecule has 0 saturated carbocycles. The van der Waals surface area contributed by atoms with E-state index in [-0.39, 0.29) is 17.8 Å². The lowest BCUT2D eigenvalue weighted by molar-refractivity contribution is 0.0912. The molecular weight excluding hydrogens is 371 g/mol. The molecule has 1 amide bonds. The van der Waals surface area contributed by atoms with Gasteiger partial charge in [0.2, 0.25) is 0 Å². The third-order valence-electron chi connectivity index (χ3n) is 5.46. The third-order valence-corrected chi connectivity index (χ3v) is 5.46. The Morgan fingerprint density at radius 1 is 1.28 bits per heavy atom. The van der Waals surface area contributed by atoms with E-state index in [1.807, 2.05) is 0 Å². The molecule has 6 nitrogen and oxygen atoms in total. The number of aromatic nitrogens is 2. The van der Waals surface area contributed by atoms with Crippen molar-refractivity contribution in [1.82, 2.24) is 20.4 Å². The van der Waals surface area contributed by atoms with Crippen LogP contribution in [-0.2, 0) is 0 Å². The number of fused-ring (bicyclic) bond motifs is 1. The molecular formula is C22H25FN4O2. The van der Waals surface area contributed by atoms with Gasteiger partial charge in [-0.1, -0.05) is 12.1 Å². The lowest BCUT2D eigenvalue weighted by atomic mass is 10.0. The van der Waals surface area contributed by atoms with Crippen LogP contribution in [-0.4, -0.2) is 46.6 Å². The van der Waals surface area contributed by atoms with Crippen LogP contribution in [0.1, 0.15) is 42.2 Å². The van der Waals surface area contributed by atoms with Gasteiger partial charge in [-0.15, -0.1) is 0 Å². The zero-order valence-electron chi connectivity index (χ0n) is 16.7. The fourth-order valence-electron chi connectivity index (χ4n) is 3.92. The van der Waals surface area contributed by atoms with Crippen molar-refractivity contribution in [3.8, 4) is 11.3 Å². The number of pyridine rings is 1. The van der Waals surface area contributed by atoms with Crippen molar-refractivity contribution in [2.24, 2.45) is 0 Å². The minimum atomic E-state index is -0.322. The SMILES string of the molecule is CCCN1CCC(NC(=O)c2cc(-c3ccc(F)cc3)nc3onc(C)c23)CC1. The van der Waals surface area contributed by atoms with Crippen molar-refractivity contribution >= 4 is 17.0 Å². The van der Waals surface area contributed by atoms with Crippen molar-refractivity contribution in [2.45, 2.75) is 39.2 Å². The minimum Gasteiger partial charge on any atom is -0.349 e. The normalized spacial score (nSPS) is 15.7. The van der Waals surface area contributed by atoms with Crippen molar-refractivity contribution < 1.29 is 13.7 Å². The van der Waals surface area contributed by atoms with Gasteiger partial charge in [0, 0.05) is 24.7 Å². The Hall–Kier alpha value is -2.80. The molecule has 7 heteroatoms. The molecule has 4 rings (SSSR count). The summed E-state index contributed by atoms with van der Waals surface area (Å²) in [6.45, 7) is 7.08. The van der Waals surface area contributed by atoms with Crippen LogP contribution in [0.15, 0.2) is 34.9 Å². The highest BCUT2D eigenvalue weighted by atomic mass is 19.1. The van der Waals surface area contributed by atoms with Crippen LogP contribution in [0.4, 0.5) is 4.39 Å². The summed E-state index contributed by atoms with van der Waals surface area (Å²) in [5, 5.41) is 7.77. The molecule has 0 bridgehead atoms. The van der Waals surface area contributed by atoms with Gasteiger partial charge in [0.05, 0.1) is 22.3 Å². The molecule has 1 aliphatic rings. The van der Waals surface area contributed by atoms with Gasteiger partial charge in [-0.3, -0.25) is 4.79 Å². The highest BCUT2D eigenvalue weighted by molar-refractivity contribution is 6.07. The summed E-state index contributed by atoms with van der Waals surface area (Å²) in [5.74, 6) is -0.473. The van der Waals surface area contributed by atoms with Gasteiger partial charge in [0.15, 0.2) is 0 Å². The number of piperidine rings is 1. The molecule has 1 aromatic carbocycles. The number of carbonyl (C=O) groups excluding carboxylic acids is 1. The molecule has 0 unspecified atom stereocenters. The van der Waals surface area contributed by atoms with Gasteiger partial charge in [-0.25, -0.2) is 9.37 Å². The van der Waals surface area contributed by atoms with E-state index in [1.165, 1.54) is 12.1 Å². The van der Waals surface area contributed by atoms with Gasteiger partial charge >= 0.3 is 0 Å². The van der Waals surface area contributed by atoms with Crippen molar-refractivity contribution in [3.05, 3.63) is 47.4 Å². The van der Waals surface area contributed by atoms with Gasteiger partial charge in [-0.05, 0) is 63.1 Å². The zero-order chi connectivity index (χ0) is 20.4. The largest absolute Gasteiger partial charge is 0.349 e. The summed E-state index contributed by atoms with van der Waals surface area (Å²) in [4.78, 5) is 20.1. The fourth-order valence-corrected chi connectivity index (χ4v) is 3.92. The van der Waals surface area contributed by atoms with E-state index in [4.69, 9.17) is 4.52 Å². The molecule has 2 aromatic heterocycles. The predicted octanol–water partition coefficient (Wildman–Crippen LogP) is 3.94. The second-order valence-electron chi connectivity index (χ2n) is 7.60. The first-order chi connectivity index (χ1) is 14.0. The average Bonchev–Trinajstić information content (AvgIpc) is 3.10. The highest BCUT2D eigenvalue weighted by Gasteiger charge is 2.24. The van der Waals surface area contributed by atoms with E-state index in [0.717, 1.165) is 38.9 Å². The topological polar surface area (TPSA) is 71.3 Å². The van der Waals surface area contributed by atoms with Crippen LogP contribution in [0.3, 0.4) is 0 Å². The number of nitrogens with one attached hydrogen (secondary N) is 1. The summed E-state index contributed by atoms with van der Waals surface area (Å²) in [6, 6.07) is 7.90. The Balaban J connectivity index is 1.61. The maximum Gasteiger partial charge on any atom is 0.259 e. The smallest absolute Gasteiger partial charge is 0.259 e. The van der Waals surface area contributed by atoms with Gasteiger partial charge in [0.1, 0.15) is 5.82 Å². The lowest BCUT2D eigenvalue weighted by Gasteiger charge is -2.32. The first kappa shape index (κ1) is 19.5. The fraction of sp³-hybridized carbons (Fsp3) is 0.409. The molecule has 29 heavy (non-hydrogen) atoms. The van der Waals surface area contributed by atoms with Crippen LogP contribution in [0.5, 0.6) is 0 Å². The number of aryl methyl sites for hydroxylation is 1. The number of hydrogen-bond donors (Lipinski definition) is 1. The minimum absolute atomic E-state index is 0.147. The number of halogens is 1. The second kappa shape index (κ2) is 8.29. The quantitative estimate of drug-likeness (QED) is 0.707.